The molecule has 0 radical (unpaired) electrons. The normalized spacial score (nSPS) is 8.62. The first kappa shape index (κ1) is 8.89. The lowest BCUT2D eigenvalue weighted by molar-refractivity contribution is 0.211. The number of azide groups is 1. The third-order valence-electron chi connectivity index (χ3n) is 1.22. The first-order chi connectivity index (χ1) is 6.22. The van der Waals surface area contributed by atoms with E-state index in [1.807, 2.05) is 0 Å². The maximum atomic E-state index is 10.3. The molecule has 1 aromatic carbocycles. The fourth-order valence-corrected chi connectivity index (χ4v) is 0.749. The van der Waals surface area contributed by atoms with Crippen molar-refractivity contribution < 1.29 is 9.53 Å². The van der Waals surface area contributed by atoms with Crippen molar-refractivity contribution in [3.05, 3.63) is 34.7 Å². The Labute approximate surface area is 73.5 Å². The first-order valence-corrected chi connectivity index (χ1v) is 3.35. The van der Waals surface area contributed by atoms with Crippen molar-refractivity contribution >= 4 is 11.8 Å². The van der Waals surface area contributed by atoms with Crippen LogP contribution in [0.4, 0.5) is 10.5 Å². The molecule has 1 rings (SSSR count). The molecule has 1 aromatic rings. The molecule has 0 aliphatic heterocycles. The number of amides is 1. The van der Waals surface area contributed by atoms with Gasteiger partial charge in [0.15, 0.2) is 0 Å². The Hall–Kier alpha value is -2.20. The topological polar surface area (TPSA) is 101 Å². The summed E-state index contributed by atoms with van der Waals surface area (Å²) in [5, 5.41) is 3.34. The van der Waals surface area contributed by atoms with Crippen LogP contribution in [0.15, 0.2) is 29.4 Å². The second-order valence-corrected chi connectivity index (χ2v) is 2.10. The summed E-state index contributed by atoms with van der Waals surface area (Å²) in [6, 6.07) is 5.99. The quantitative estimate of drug-likeness (QED) is 0.425. The van der Waals surface area contributed by atoms with E-state index in [1.54, 1.807) is 0 Å². The number of nitrogens with zero attached hydrogens (tertiary/aromatic N) is 3. The van der Waals surface area contributed by atoms with Crippen LogP contribution in [0.5, 0.6) is 5.75 Å². The van der Waals surface area contributed by atoms with Gasteiger partial charge in [0.2, 0.25) is 0 Å². The van der Waals surface area contributed by atoms with Crippen LogP contribution in [0.1, 0.15) is 0 Å². The van der Waals surface area contributed by atoms with Gasteiger partial charge in [-0.25, -0.2) is 4.79 Å². The van der Waals surface area contributed by atoms with E-state index in [0.29, 0.717) is 11.4 Å². The minimum Gasteiger partial charge on any atom is -0.411 e. The number of nitrogens with two attached hydrogens (primary N) is 1. The number of ether oxygens (including phenoxy) is 1. The highest BCUT2D eigenvalue weighted by molar-refractivity contribution is 5.68. The van der Waals surface area contributed by atoms with Crippen LogP contribution in [-0.4, -0.2) is 6.09 Å². The zero-order chi connectivity index (χ0) is 9.68. The van der Waals surface area contributed by atoms with E-state index in [2.05, 4.69) is 14.8 Å². The highest BCUT2D eigenvalue weighted by atomic mass is 16.5. The van der Waals surface area contributed by atoms with Crippen LogP contribution in [-0.2, 0) is 0 Å². The van der Waals surface area contributed by atoms with Gasteiger partial charge in [0.05, 0.1) is 0 Å². The maximum absolute atomic E-state index is 10.3. The average molecular weight is 178 g/mol. The molecule has 6 heteroatoms. The Morgan fingerprint density at radius 2 is 2.08 bits per heavy atom. The SMILES string of the molecule is [N-]=[N+]=Nc1ccc(OC(N)=O)cc1. The Morgan fingerprint density at radius 1 is 1.46 bits per heavy atom. The van der Waals surface area contributed by atoms with Gasteiger partial charge in [-0.05, 0) is 29.8 Å². The molecule has 0 fully saturated rings. The maximum Gasteiger partial charge on any atom is 0.409 e. The van der Waals surface area contributed by atoms with E-state index >= 15 is 0 Å². The molecule has 0 spiro atoms. The monoisotopic (exact) mass is 178 g/mol. The summed E-state index contributed by atoms with van der Waals surface area (Å²) in [4.78, 5) is 12.9. The summed E-state index contributed by atoms with van der Waals surface area (Å²) in [6.07, 6.45) is -0.878. The fraction of sp³-hybridized carbons (Fsp3) is 0. The Bertz CT molecular complexity index is 353. The van der Waals surface area contributed by atoms with Crippen molar-refractivity contribution in [1.29, 1.82) is 0 Å². The number of rotatable bonds is 2. The van der Waals surface area contributed by atoms with E-state index < -0.39 is 6.09 Å². The molecule has 0 heterocycles. The molecule has 0 aromatic heterocycles. The number of carbonyl (C=O) groups is 1. The van der Waals surface area contributed by atoms with Crippen molar-refractivity contribution in [3.8, 4) is 5.75 Å². The number of hydrogen-bond acceptors (Lipinski definition) is 3. The molecule has 6 nitrogen and oxygen atoms in total. The standard InChI is InChI=1S/C7H6N4O2/c8-7(12)13-6-3-1-5(2-4-6)10-11-9/h1-4H,(H2,8,12). The highest BCUT2D eigenvalue weighted by Crippen LogP contribution is 2.17. The van der Waals surface area contributed by atoms with Gasteiger partial charge in [-0.3, -0.25) is 0 Å². The molecule has 0 aliphatic rings. The molecule has 13 heavy (non-hydrogen) atoms. The summed E-state index contributed by atoms with van der Waals surface area (Å²) < 4.78 is 4.55. The van der Waals surface area contributed by atoms with E-state index in [9.17, 15) is 4.79 Å². The van der Waals surface area contributed by atoms with Gasteiger partial charge < -0.3 is 10.5 Å². The largest absolute Gasteiger partial charge is 0.411 e. The minimum absolute atomic E-state index is 0.310. The summed E-state index contributed by atoms with van der Waals surface area (Å²) >= 11 is 0. The van der Waals surface area contributed by atoms with Crippen LogP contribution in [0.25, 0.3) is 10.4 Å². The second-order valence-electron chi connectivity index (χ2n) is 2.10. The summed E-state index contributed by atoms with van der Waals surface area (Å²) in [6.45, 7) is 0. The molecule has 66 valence electrons. The molecule has 0 aliphatic carbocycles. The summed E-state index contributed by atoms with van der Waals surface area (Å²) in [7, 11) is 0. The zero-order valence-corrected chi connectivity index (χ0v) is 6.54. The average Bonchev–Trinajstić information content (AvgIpc) is 2.08. The number of benzene rings is 1. The highest BCUT2D eigenvalue weighted by Gasteiger charge is 1.96. The summed E-state index contributed by atoms with van der Waals surface area (Å²) in [5.41, 5.74) is 13.3. The van der Waals surface area contributed by atoms with E-state index in [-0.39, 0.29) is 0 Å². The van der Waals surface area contributed by atoms with Gasteiger partial charge in [-0.15, -0.1) is 0 Å². The third kappa shape index (κ3) is 2.72. The van der Waals surface area contributed by atoms with Gasteiger partial charge in [-0.2, -0.15) is 0 Å². The van der Waals surface area contributed by atoms with Crippen molar-refractivity contribution in [2.24, 2.45) is 10.8 Å². The lowest BCUT2D eigenvalue weighted by Gasteiger charge is -1.99. The molecular formula is C7H6N4O2. The lowest BCUT2D eigenvalue weighted by Crippen LogP contribution is -2.15. The smallest absolute Gasteiger partial charge is 0.409 e. The molecule has 0 saturated carbocycles. The summed E-state index contributed by atoms with van der Waals surface area (Å²) in [5.74, 6) is 0.310. The van der Waals surface area contributed by atoms with Gasteiger partial charge in [0, 0.05) is 10.6 Å². The van der Waals surface area contributed by atoms with Crippen molar-refractivity contribution in [3.63, 3.8) is 0 Å². The minimum atomic E-state index is -0.878. The second kappa shape index (κ2) is 3.99. The molecule has 0 atom stereocenters. The van der Waals surface area contributed by atoms with Crippen molar-refractivity contribution in [1.82, 2.24) is 0 Å². The predicted molar refractivity (Wildman–Crippen MR) is 45.5 cm³/mol. The number of carbonyl (C=O) groups excluding carboxylic acids is 1. The fourth-order valence-electron chi connectivity index (χ4n) is 0.749. The van der Waals surface area contributed by atoms with E-state index in [0.717, 1.165) is 0 Å². The molecule has 1 amide bonds. The molecular weight excluding hydrogens is 172 g/mol. The molecule has 0 unspecified atom stereocenters. The van der Waals surface area contributed by atoms with E-state index in [1.165, 1.54) is 24.3 Å². The molecule has 2 N–H and O–H groups in total. The Balaban J connectivity index is 2.80. The van der Waals surface area contributed by atoms with Gasteiger partial charge in [0.1, 0.15) is 5.75 Å². The first-order valence-electron chi connectivity index (χ1n) is 3.35. The third-order valence-corrected chi connectivity index (χ3v) is 1.22. The van der Waals surface area contributed by atoms with Gasteiger partial charge >= 0.3 is 6.09 Å². The van der Waals surface area contributed by atoms with Gasteiger partial charge in [-0.1, -0.05) is 5.11 Å². The van der Waals surface area contributed by atoms with Crippen LogP contribution in [0.2, 0.25) is 0 Å². The van der Waals surface area contributed by atoms with Crippen molar-refractivity contribution in [2.45, 2.75) is 0 Å². The Morgan fingerprint density at radius 3 is 2.54 bits per heavy atom. The van der Waals surface area contributed by atoms with Crippen LogP contribution in [0, 0.1) is 0 Å². The number of hydrogen-bond donors (Lipinski definition) is 1. The van der Waals surface area contributed by atoms with Crippen LogP contribution >= 0.6 is 0 Å². The van der Waals surface area contributed by atoms with Crippen molar-refractivity contribution in [2.75, 3.05) is 0 Å². The lowest BCUT2D eigenvalue weighted by atomic mass is 10.3. The number of primary amides is 1. The van der Waals surface area contributed by atoms with E-state index in [4.69, 9.17) is 11.3 Å². The van der Waals surface area contributed by atoms with Gasteiger partial charge in [0.25, 0.3) is 0 Å². The zero-order valence-electron chi connectivity index (χ0n) is 6.54. The Kier molecular flexibility index (Phi) is 2.73. The predicted octanol–water partition coefficient (Wildman–Crippen LogP) is 2.09. The van der Waals surface area contributed by atoms with Crippen LogP contribution in [0.3, 0.4) is 0 Å². The molecule has 0 bridgehead atoms. The van der Waals surface area contributed by atoms with Crippen LogP contribution < -0.4 is 10.5 Å². The molecule has 0 saturated heterocycles.